The van der Waals surface area contributed by atoms with E-state index in [2.05, 4.69) is 9.72 Å². The predicted octanol–water partition coefficient (Wildman–Crippen LogP) is 2.46. The molecular weight excluding hydrogens is 270 g/mol. The van der Waals surface area contributed by atoms with Gasteiger partial charge in [-0.05, 0) is 24.3 Å². The molecule has 0 amide bonds. The van der Waals surface area contributed by atoms with Gasteiger partial charge in [0.1, 0.15) is 5.69 Å². The highest BCUT2D eigenvalue weighted by Gasteiger charge is 2.17. The van der Waals surface area contributed by atoms with E-state index in [1.54, 1.807) is 18.2 Å². The Bertz CT molecular complexity index is 669. The molecular formula is C13H10ClNO4. The van der Waals surface area contributed by atoms with Crippen LogP contribution in [0.1, 0.15) is 20.8 Å². The van der Waals surface area contributed by atoms with Crippen molar-refractivity contribution in [3.8, 4) is 0 Å². The van der Waals surface area contributed by atoms with Crippen LogP contribution in [0.4, 0.5) is 0 Å². The van der Waals surface area contributed by atoms with E-state index >= 15 is 0 Å². The highest BCUT2D eigenvalue weighted by Crippen LogP contribution is 2.23. The zero-order chi connectivity index (χ0) is 14.0. The fourth-order valence-corrected chi connectivity index (χ4v) is 1.86. The zero-order valence-electron chi connectivity index (χ0n) is 10.3. The number of methoxy groups -OCH3 is 2. The fraction of sp³-hybridized carbons (Fsp3) is 0.154. The number of fused-ring (bicyclic) bond motifs is 1. The van der Waals surface area contributed by atoms with Gasteiger partial charge in [-0.15, -0.1) is 0 Å². The molecule has 6 heteroatoms. The van der Waals surface area contributed by atoms with E-state index in [1.165, 1.54) is 20.3 Å². The first-order valence-electron chi connectivity index (χ1n) is 5.33. The molecule has 0 N–H and O–H groups in total. The average molecular weight is 280 g/mol. The van der Waals surface area contributed by atoms with E-state index in [1.807, 2.05) is 0 Å². The SMILES string of the molecule is COC(=O)c1cc(C(=O)OC)c2cc(Cl)ccc2n1. The maximum atomic E-state index is 11.8. The Hall–Kier alpha value is -2.14. The number of hydrogen-bond acceptors (Lipinski definition) is 5. The maximum absolute atomic E-state index is 11.8. The number of carbonyl (C=O) groups excluding carboxylic acids is 2. The number of aromatic nitrogens is 1. The number of nitrogens with zero attached hydrogens (tertiary/aromatic N) is 1. The minimum absolute atomic E-state index is 0.0396. The van der Waals surface area contributed by atoms with Gasteiger partial charge in [0.15, 0.2) is 0 Å². The Kier molecular flexibility index (Phi) is 3.66. The number of carbonyl (C=O) groups is 2. The molecule has 0 saturated heterocycles. The van der Waals surface area contributed by atoms with Crippen molar-refractivity contribution < 1.29 is 19.1 Å². The molecule has 0 radical (unpaired) electrons. The largest absolute Gasteiger partial charge is 0.465 e. The Balaban J connectivity index is 2.76. The summed E-state index contributed by atoms with van der Waals surface area (Å²) in [6.45, 7) is 0. The topological polar surface area (TPSA) is 65.5 Å². The number of hydrogen-bond donors (Lipinski definition) is 0. The summed E-state index contributed by atoms with van der Waals surface area (Å²) in [5.41, 5.74) is 0.723. The summed E-state index contributed by atoms with van der Waals surface area (Å²) in [7, 11) is 2.50. The van der Waals surface area contributed by atoms with Crippen molar-refractivity contribution in [3.05, 3.63) is 40.5 Å². The Labute approximate surface area is 114 Å². The molecule has 0 saturated carbocycles. The number of pyridine rings is 1. The summed E-state index contributed by atoms with van der Waals surface area (Å²) >= 11 is 5.90. The van der Waals surface area contributed by atoms with Crippen molar-refractivity contribution >= 4 is 34.4 Å². The smallest absolute Gasteiger partial charge is 0.356 e. The van der Waals surface area contributed by atoms with E-state index in [-0.39, 0.29) is 11.3 Å². The first-order valence-corrected chi connectivity index (χ1v) is 5.71. The quantitative estimate of drug-likeness (QED) is 0.790. The number of halogens is 1. The van der Waals surface area contributed by atoms with Crippen LogP contribution in [0.3, 0.4) is 0 Å². The maximum Gasteiger partial charge on any atom is 0.356 e. The van der Waals surface area contributed by atoms with Crippen molar-refractivity contribution in [2.75, 3.05) is 14.2 Å². The van der Waals surface area contributed by atoms with Crippen molar-refractivity contribution in [2.24, 2.45) is 0 Å². The summed E-state index contributed by atoms with van der Waals surface area (Å²) in [4.78, 5) is 27.4. The predicted molar refractivity (Wildman–Crippen MR) is 69.4 cm³/mol. The summed E-state index contributed by atoms with van der Waals surface area (Å²) in [6.07, 6.45) is 0. The van der Waals surface area contributed by atoms with Crippen LogP contribution in [-0.2, 0) is 9.47 Å². The van der Waals surface area contributed by atoms with Gasteiger partial charge >= 0.3 is 11.9 Å². The second-order valence-corrected chi connectivity index (χ2v) is 4.14. The molecule has 98 valence electrons. The Morgan fingerprint density at radius 1 is 1.11 bits per heavy atom. The highest BCUT2D eigenvalue weighted by atomic mass is 35.5. The third kappa shape index (κ3) is 2.51. The summed E-state index contributed by atoms with van der Waals surface area (Å²) in [5, 5.41) is 0.984. The Morgan fingerprint density at radius 3 is 2.42 bits per heavy atom. The lowest BCUT2D eigenvalue weighted by atomic mass is 10.1. The van der Waals surface area contributed by atoms with Gasteiger partial charge in [0.05, 0.1) is 25.3 Å². The third-order valence-electron chi connectivity index (χ3n) is 2.57. The normalized spacial score (nSPS) is 10.3. The molecule has 0 fully saturated rings. The van der Waals surface area contributed by atoms with E-state index in [9.17, 15) is 9.59 Å². The average Bonchev–Trinajstić information content (AvgIpc) is 2.44. The molecule has 0 spiro atoms. The van der Waals surface area contributed by atoms with Gasteiger partial charge in [0, 0.05) is 10.4 Å². The van der Waals surface area contributed by atoms with E-state index in [4.69, 9.17) is 16.3 Å². The van der Waals surface area contributed by atoms with Gasteiger partial charge < -0.3 is 9.47 Å². The van der Waals surface area contributed by atoms with E-state index in [0.717, 1.165) is 0 Å². The molecule has 2 aromatic rings. The lowest BCUT2D eigenvalue weighted by Crippen LogP contribution is -2.09. The minimum atomic E-state index is -0.623. The van der Waals surface area contributed by atoms with Crippen molar-refractivity contribution in [1.82, 2.24) is 4.98 Å². The Morgan fingerprint density at radius 2 is 1.79 bits per heavy atom. The van der Waals surface area contributed by atoms with Gasteiger partial charge in [0.25, 0.3) is 0 Å². The fourth-order valence-electron chi connectivity index (χ4n) is 1.69. The van der Waals surface area contributed by atoms with Crippen molar-refractivity contribution in [3.63, 3.8) is 0 Å². The summed E-state index contributed by atoms with van der Waals surface area (Å²) in [5.74, 6) is -1.19. The lowest BCUT2D eigenvalue weighted by Gasteiger charge is -2.07. The van der Waals surface area contributed by atoms with Gasteiger partial charge in [-0.25, -0.2) is 14.6 Å². The van der Waals surface area contributed by atoms with Crippen LogP contribution in [0.2, 0.25) is 5.02 Å². The van der Waals surface area contributed by atoms with E-state index < -0.39 is 11.9 Å². The van der Waals surface area contributed by atoms with Crippen LogP contribution in [0.15, 0.2) is 24.3 Å². The molecule has 0 unspecified atom stereocenters. The molecule has 5 nitrogen and oxygen atoms in total. The monoisotopic (exact) mass is 279 g/mol. The molecule has 0 aliphatic rings. The van der Waals surface area contributed by atoms with Gasteiger partial charge in [-0.1, -0.05) is 11.6 Å². The third-order valence-corrected chi connectivity index (χ3v) is 2.81. The van der Waals surface area contributed by atoms with Crippen LogP contribution < -0.4 is 0 Å². The van der Waals surface area contributed by atoms with Crippen LogP contribution in [0.5, 0.6) is 0 Å². The second-order valence-electron chi connectivity index (χ2n) is 3.70. The number of esters is 2. The minimum Gasteiger partial charge on any atom is -0.465 e. The molecule has 0 atom stereocenters. The molecule has 19 heavy (non-hydrogen) atoms. The molecule has 1 aromatic heterocycles. The molecule has 0 bridgehead atoms. The molecule has 1 heterocycles. The second kappa shape index (κ2) is 5.24. The van der Waals surface area contributed by atoms with Crippen LogP contribution in [0, 0.1) is 0 Å². The van der Waals surface area contributed by atoms with Gasteiger partial charge in [0.2, 0.25) is 0 Å². The molecule has 1 aromatic carbocycles. The first kappa shape index (κ1) is 13.3. The van der Waals surface area contributed by atoms with E-state index in [0.29, 0.717) is 15.9 Å². The zero-order valence-corrected chi connectivity index (χ0v) is 11.0. The van der Waals surface area contributed by atoms with Crippen molar-refractivity contribution in [2.45, 2.75) is 0 Å². The van der Waals surface area contributed by atoms with Crippen LogP contribution >= 0.6 is 11.6 Å². The highest BCUT2D eigenvalue weighted by molar-refractivity contribution is 6.31. The van der Waals surface area contributed by atoms with Crippen LogP contribution in [-0.4, -0.2) is 31.1 Å². The first-order chi connectivity index (χ1) is 9.06. The molecule has 0 aliphatic heterocycles. The summed E-state index contributed by atoms with van der Waals surface area (Å²) in [6, 6.07) is 6.17. The van der Waals surface area contributed by atoms with Gasteiger partial charge in [-0.2, -0.15) is 0 Å². The number of ether oxygens (including phenoxy) is 2. The van der Waals surface area contributed by atoms with Gasteiger partial charge in [-0.3, -0.25) is 0 Å². The number of rotatable bonds is 2. The molecule has 0 aliphatic carbocycles. The molecule has 2 rings (SSSR count). The summed E-state index contributed by atoms with van der Waals surface area (Å²) < 4.78 is 9.29. The van der Waals surface area contributed by atoms with Crippen molar-refractivity contribution in [1.29, 1.82) is 0 Å². The number of benzene rings is 1. The lowest BCUT2D eigenvalue weighted by molar-refractivity contribution is 0.0594. The standard InChI is InChI=1S/C13H10ClNO4/c1-18-12(16)9-6-11(13(17)19-2)15-10-4-3-7(14)5-8(9)10/h3-6H,1-2H3. The van der Waals surface area contributed by atoms with Crippen LogP contribution in [0.25, 0.3) is 10.9 Å².